The first kappa shape index (κ1) is 19.7. The first-order valence-electron chi connectivity index (χ1n) is 9.85. The van der Waals surface area contributed by atoms with Crippen LogP contribution in [0.4, 0.5) is 0 Å². The molecule has 0 saturated carbocycles. The van der Waals surface area contributed by atoms with Gasteiger partial charge in [-0.05, 0) is 25.1 Å². The molecule has 1 aliphatic rings. The third-order valence-corrected chi connectivity index (χ3v) is 5.53. The van der Waals surface area contributed by atoms with Crippen molar-refractivity contribution >= 4 is 28.5 Å². The number of ketones is 1. The van der Waals surface area contributed by atoms with Crippen molar-refractivity contribution < 1.29 is 19.1 Å². The van der Waals surface area contributed by atoms with Gasteiger partial charge in [0, 0.05) is 42.8 Å². The quantitative estimate of drug-likeness (QED) is 0.534. The highest BCUT2D eigenvalue weighted by Gasteiger charge is 2.34. The van der Waals surface area contributed by atoms with Gasteiger partial charge in [-0.1, -0.05) is 30.3 Å². The Bertz CT molecular complexity index is 1110. The summed E-state index contributed by atoms with van der Waals surface area (Å²) in [4.78, 5) is 44.9. The Balaban J connectivity index is 1.49. The van der Waals surface area contributed by atoms with E-state index in [0.29, 0.717) is 47.4 Å². The molecule has 1 aliphatic heterocycles. The minimum Gasteiger partial charge on any atom is -0.495 e. The lowest BCUT2D eigenvalue weighted by molar-refractivity contribution is -0.130. The molecule has 7 nitrogen and oxygen atoms in total. The standard InChI is InChI=1S/C23H23N3O4/c1-15-14-25(22(28)16-7-4-3-5-8-16)11-12-26(15)23(29)21(27)18-13-24-20-17(18)9-6-10-19(20)30-2/h3-10,13,15,24H,11-12,14H2,1-2H3/t15-/m0/s1. The fraction of sp³-hybridized carbons (Fsp3) is 0.261. The van der Waals surface area contributed by atoms with Crippen molar-refractivity contribution in [1.29, 1.82) is 0 Å². The molecule has 30 heavy (non-hydrogen) atoms. The number of piperazine rings is 1. The van der Waals surface area contributed by atoms with Crippen LogP contribution < -0.4 is 4.74 Å². The van der Waals surface area contributed by atoms with Gasteiger partial charge in [-0.2, -0.15) is 0 Å². The van der Waals surface area contributed by atoms with Gasteiger partial charge in [0.2, 0.25) is 0 Å². The van der Waals surface area contributed by atoms with Gasteiger partial charge in [0.05, 0.1) is 18.2 Å². The zero-order valence-electron chi connectivity index (χ0n) is 16.9. The average Bonchev–Trinajstić information content (AvgIpc) is 3.22. The van der Waals surface area contributed by atoms with Crippen LogP contribution in [0.1, 0.15) is 27.6 Å². The van der Waals surface area contributed by atoms with E-state index in [1.165, 1.54) is 0 Å². The molecule has 0 unspecified atom stereocenters. The maximum atomic E-state index is 13.0. The number of carbonyl (C=O) groups is 3. The molecule has 1 atom stereocenters. The molecule has 0 radical (unpaired) electrons. The number of aromatic nitrogens is 1. The van der Waals surface area contributed by atoms with E-state index in [0.717, 1.165) is 0 Å². The van der Waals surface area contributed by atoms with Gasteiger partial charge in [0.25, 0.3) is 17.6 Å². The summed E-state index contributed by atoms with van der Waals surface area (Å²) in [6.45, 7) is 2.94. The Morgan fingerprint density at radius 1 is 1.03 bits per heavy atom. The first-order valence-corrected chi connectivity index (χ1v) is 9.85. The fourth-order valence-corrected chi connectivity index (χ4v) is 3.94. The van der Waals surface area contributed by atoms with E-state index < -0.39 is 11.7 Å². The summed E-state index contributed by atoms with van der Waals surface area (Å²) in [7, 11) is 1.56. The van der Waals surface area contributed by atoms with E-state index in [1.807, 2.05) is 25.1 Å². The van der Waals surface area contributed by atoms with Crippen LogP contribution in [-0.2, 0) is 4.79 Å². The predicted molar refractivity (Wildman–Crippen MR) is 113 cm³/mol. The highest BCUT2D eigenvalue weighted by molar-refractivity contribution is 6.45. The largest absolute Gasteiger partial charge is 0.495 e. The van der Waals surface area contributed by atoms with Crippen LogP contribution in [0.2, 0.25) is 0 Å². The van der Waals surface area contributed by atoms with E-state index in [2.05, 4.69) is 4.98 Å². The molecule has 4 rings (SSSR count). The van der Waals surface area contributed by atoms with Gasteiger partial charge in [-0.25, -0.2) is 0 Å². The van der Waals surface area contributed by atoms with Crippen molar-refractivity contribution in [2.24, 2.45) is 0 Å². The second kappa shape index (κ2) is 8.02. The van der Waals surface area contributed by atoms with Crippen LogP contribution in [0.15, 0.2) is 54.7 Å². The number of methoxy groups -OCH3 is 1. The van der Waals surface area contributed by atoms with Crippen molar-refractivity contribution in [3.05, 3.63) is 65.9 Å². The van der Waals surface area contributed by atoms with E-state index >= 15 is 0 Å². The van der Waals surface area contributed by atoms with Crippen molar-refractivity contribution in [2.45, 2.75) is 13.0 Å². The number of H-pyrrole nitrogens is 1. The van der Waals surface area contributed by atoms with Crippen LogP contribution in [0, 0.1) is 0 Å². The van der Waals surface area contributed by atoms with Crippen LogP contribution in [0.3, 0.4) is 0 Å². The van der Waals surface area contributed by atoms with Crippen molar-refractivity contribution in [3.63, 3.8) is 0 Å². The molecule has 2 aromatic carbocycles. The number of amides is 2. The summed E-state index contributed by atoms with van der Waals surface area (Å²) < 4.78 is 5.31. The molecule has 154 valence electrons. The number of hydrogen-bond donors (Lipinski definition) is 1. The lowest BCUT2D eigenvalue weighted by Gasteiger charge is -2.39. The molecule has 0 bridgehead atoms. The lowest BCUT2D eigenvalue weighted by Crippen LogP contribution is -2.56. The van der Waals surface area contributed by atoms with E-state index in [1.54, 1.807) is 53.4 Å². The summed E-state index contributed by atoms with van der Waals surface area (Å²) in [5.74, 6) is -0.577. The van der Waals surface area contributed by atoms with Gasteiger partial charge >= 0.3 is 0 Å². The Labute approximate surface area is 174 Å². The second-order valence-electron chi connectivity index (χ2n) is 7.38. The number of rotatable bonds is 4. The maximum Gasteiger partial charge on any atom is 0.295 e. The summed E-state index contributed by atoms with van der Waals surface area (Å²) >= 11 is 0. The number of carbonyl (C=O) groups excluding carboxylic acids is 3. The molecule has 2 amide bonds. The summed E-state index contributed by atoms with van der Waals surface area (Å²) in [5.41, 5.74) is 1.62. The van der Waals surface area contributed by atoms with Gasteiger partial charge < -0.3 is 19.5 Å². The SMILES string of the molecule is COc1cccc2c(C(=O)C(=O)N3CCN(C(=O)c4ccccc4)C[C@@H]3C)c[nH]c12. The lowest BCUT2D eigenvalue weighted by atomic mass is 10.1. The molecular formula is C23H23N3O4. The number of ether oxygens (including phenoxy) is 1. The predicted octanol–water partition coefficient (Wildman–Crippen LogP) is 2.73. The normalized spacial score (nSPS) is 16.5. The zero-order chi connectivity index (χ0) is 21.3. The summed E-state index contributed by atoms with van der Waals surface area (Å²) in [6.07, 6.45) is 1.55. The molecule has 0 aliphatic carbocycles. The van der Waals surface area contributed by atoms with E-state index in [9.17, 15) is 14.4 Å². The fourth-order valence-electron chi connectivity index (χ4n) is 3.94. The number of Topliss-reactive ketones (excluding diaryl/α,β-unsaturated/α-hetero) is 1. The number of nitrogens with zero attached hydrogens (tertiary/aromatic N) is 2. The Hall–Kier alpha value is -3.61. The molecule has 0 spiro atoms. The van der Waals surface area contributed by atoms with Gasteiger partial charge in [-0.15, -0.1) is 0 Å². The summed E-state index contributed by atoms with van der Waals surface area (Å²) in [5, 5.41) is 0.651. The number of benzene rings is 2. The smallest absolute Gasteiger partial charge is 0.295 e. The van der Waals surface area contributed by atoms with Gasteiger partial charge in [0.15, 0.2) is 0 Å². The molecule has 1 aromatic heterocycles. The molecular weight excluding hydrogens is 382 g/mol. The van der Waals surface area contributed by atoms with Crippen molar-refractivity contribution in [2.75, 3.05) is 26.7 Å². The third-order valence-electron chi connectivity index (χ3n) is 5.53. The maximum absolute atomic E-state index is 13.0. The number of nitrogens with one attached hydrogen (secondary N) is 1. The van der Waals surface area contributed by atoms with E-state index in [4.69, 9.17) is 4.74 Å². The van der Waals surface area contributed by atoms with Crippen molar-refractivity contribution in [3.8, 4) is 5.75 Å². The third kappa shape index (κ3) is 3.43. The molecule has 1 N–H and O–H groups in total. The zero-order valence-corrected chi connectivity index (χ0v) is 16.9. The van der Waals surface area contributed by atoms with Crippen LogP contribution in [0.25, 0.3) is 10.9 Å². The summed E-state index contributed by atoms with van der Waals surface area (Å²) in [6, 6.07) is 14.2. The number of fused-ring (bicyclic) bond motifs is 1. The molecule has 7 heteroatoms. The van der Waals surface area contributed by atoms with Gasteiger partial charge in [0.1, 0.15) is 5.75 Å². The first-order chi connectivity index (χ1) is 14.5. The monoisotopic (exact) mass is 405 g/mol. The Kier molecular flexibility index (Phi) is 5.27. The Morgan fingerprint density at radius 2 is 1.80 bits per heavy atom. The highest BCUT2D eigenvalue weighted by atomic mass is 16.5. The minimum atomic E-state index is -0.566. The Morgan fingerprint density at radius 3 is 2.50 bits per heavy atom. The second-order valence-corrected chi connectivity index (χ2v) is 7.38. The van der Waals surface area contributed by atoms with Crippen LogP contribution in [-0.4, -0.2) is 65.2 Å². The topological polar surface area (TPSA) is 82.7 Å². The number of para-hydroxylation sites is 1. The highest BCUT2D eigenvalue weighted by Crippen LogP contribution is 2.28. The number of hydrogen-bond acceptors (Lipinski definition) is 4. The van der Waals surface area contributed by atoms with Gasteiger partial charge in [-0.3, -0.25) is 14.4 Å². The molecule has 1 saturated heterocycles. The molecule has 1 fully saturated rings. The molecule has 2 heterocycles. The van der Waals surface area contributed by atoms with E-state index in [-0.39, 0.29) is 11.9 Å². The average molecular weight is 405 g/mol. The van der Waals surface area contributed by atoms with Crippen LogP contribution in [0.5, 0.6) is 5.75 Å². The minimum absolute atomic E-state index is 0.0652. The molecule has 3 aromatic rings. The van der Waals surface area contributed by atoms with Crippen molar-refractivity contribution in [1.82, 2.24) is 14.8 Å². The van der Waals surface area contributed by atoms with Crippen LogP contribution >= 0.6 is 0 Å². The number of aromatic amines is 1.